The summed E-state index contributed by atoms with van der Waals surface area (Å²) in [5, 5.41) is 11.4. The molecule has 0 radical (unpaired) electrons. The molecule has 2 aliphatic carbocycles. The molecule has 0 aromatic carbocycles. The third kappa shape index (κ3) is 3.18. The molecule has 0 aromatic heterocycles. The van der Waals surface area contributed by atoms with Gasteiger partial charge in [-0.1, -0.05) is 0 Å². The maximum Gasteiger partial charge on any atom is 0.403 e. The van der Waals surface area contributed by atoms with Gasteiger partial charge in [0.1, 0.15) is 23.7 Å². The molecule has 3 fully saturated rings. The Hall–Kier alpha value is -1.87. The number of amides is 2. The molecule has 1 saturated heterocycles. The summed E-state index contributed by atoms with van der Waals surface area (Å²) in [5.74, 6) is -3.69. The van der Waals surface area contributed by atoms with Crippen LogP contribution in [0.1, 0.15) is 32.1 Å². The summed E-state index contributed by atoms with van der Waals surface area (Å²) in [5.41, 5.74) is -2.53. The minimum atomic E-state index is -4.75. The molecule has 3 aliphatic rings. The number of likely N-dealkylation sites (tertiary alicyclic amines) is 1. The fourth-order valence-electron chi connectivity index (χ4n) is 3.34. The lowest BCUT2D eigenvalue weighted by molar-refractivity contribution is -0.199. The first-order valence-corrected chi connectivity index (χ1v) is 8.12. The zero-order valence-corrected chi connectivity index (χ0v) is 13.2. The van der Waals surface area contributed by atoms with Crippen LogP contribution in [0.3, 0.4) is 0 Å². The lowest BCUT2D eigenvalue weighted by Gasteiger charge is -2.29. The van der Waals surface area contributed by atoms with E-state index in [1.165, 1.54) is 0 Å². The predicted molar refractivity (Wildman–Crippen MR) is 75.0 cm³/mol. The van der Waals surface area contributed by atoms with Crippen molar-refractivity contribution in [3.8, 4) is 0 Å². The van der Waals surface area contributed by atoms with Crippen LogP contribution in [0.4, 0.5) is 17.6 Å². The van der Waals surface area contributed by atoms with Crippen LogP contribution in [0.15, 0.2) is 0 Å². The highest BCUT2D eigenvalue weighted by Crippen LogP contribution is 2.59. The normalized spacial score (nSPS) is 29.2. The molecule has 6 nitrogen and oxygen atoms in total. The quantitative estimate of drug-likeness (QED) is 0.717. The van der Waals surface area contributed by atoms with Gasteiger partial charge in [0.2, 0.25) is 11.8 Å². The Morgan fingerprint density at radius 2 is 1.80 bits per heavy atom. The molecule has 25 heavy (non-hydrogen) atoms. The largest absolute Gasteiger partial charge is 0.480 e. The molecule has 0 spiro atoms. The van der Waals surface area contributed by atoms with Crippen LogP contribution in [0.25, 0.3) is 0 Å². The zero-order valence-electron chi connectivity index (χ0n) is 13.2. The number of hydrogen-bond acceptors (Lipinski definition) is 3. The highest BCUT2D eigenvalue weighted by molar-refractivity contribution is 5.94. The van der Waals surface area contributed by atoms with Crippen molar-refractivity contribution in [1.82, 2.24) is 10.2 Å². The molecule has 0 aromatic rings. The number of halogens is 4. The maximum absolute atomic E-state index is 13.7. The fraction of sp³-hybridized carbons (Fsp3) is 0.800. The third-order valence-corrected chi connectivity index (χ3v) is 5.17. The van der Waals surface area contributed by atoms with E-state index in [1.54, 1.807) is 0 Å². The van der Waals surface area contributed by atoms with Crippen LogP contribution in [0.2, 0.25) is 0 Å². The predicted octanol–water partition coefficient (Wildman–Crippen LogP) is 1.25. The van der Waals surface area contributed by atoms with E-state index in [9.17, 15) is 31.9 Å². The van der Waals surface area contributed by atoms with Gasteiger partial charge >= 0.3 is 12.1 Å². The Morgan fingerprint density at radius 3 is 2.24 bits per heavy atom. The van der Waals surface area contributed by atoms with Gasteiger partial charge in [0.15, 0.2) is 0 Å². The summed E-state index contributed by atoms with van der Waals surface area (Å²) < 4.78 is 53.2. The van der Waals surface area contributed by atoms with Crippen molar-refractivity contribution >= 4 is 17.8 Å². The average Bonchev–Trinajstić information content (AvgIpc) is 3.39. The van der Waals surface area contributed by atoms with E-state index in [1.807, 2.05) is 0 Å². The van der Waals surface area contributed by atoms with Crippen LogP contribution in [0, 0.1) is 11.3 Å². The van der Waals surface area contributed by atoms with Gasteiger partial charge in [-0.25, -0.2) is 9.18 Å². The Balaban J connectivity index is 1.74. The van der Waals surface area contributed by atoms with Crippen LogP contribution >= 0.6 is 0 Å². The minimum absolute atomic E-state index is 0.238. The number of hydrogen-bond donors (Lipinski definition) is 2. The Morgan fingerprint density at radius 1 is 1.20 bits per heavy atom. The number of carbonyl (C=O) groups is 3. The Bertz CT molecular complexity index is 601. The number of rotatable bonds is 5. The lowest BCUT2D eigenvalue weighted by Crippen LogP contribution is -2.54. The summed E-state index contributed by atoms with van der Waals surface area (Å²) >= 11 is 0. The van der Waals surface area contributed by atoms with Gasteiger partial charge in [0, 0.05) is 6.42 Å². The van der Waals surface area contributed by atoms with Gasteiger partial charge in [-0.2, -0.15) is 13.2 Å². The fourth-order valence-corrected chi connectivity index (χ4v) is 3.34. The molecule has 1 heterocycles. The van der Waals surface area contributed by atoms with Crippen molar-refractivity contribution in [1.29, 1.82) is 0 Å². The van der Waals surface area contributed by atoms with Gasteiger partial charge in [-0.15, -0.1) is 0 Å². The second kappa shape index (κ2) is 5.84. The first kappa shape index (κ1) is 17.9. The molecule has 0 unspecified atom stereocenters. The van der Waals surface area contributed by atoms with Gasteiger partial charge in [0.05, 0.1) is 6.54 Å². The van der Waals surface area contributed by atoms with Crippen molar-refractivity contribution in [2.45, 2.75) is 56.5 Å². The first-order chi connectivity index (χ1) is 11.6. The van der Waals surface area contributed by atoms with E-state index in [0.29, 0.717) is 17.7 Å². The van der Waals surface area contributed by atoms with Gasteiger partial charge in [-0.3, -0.25) is 9.59 Å². The minimum Gasteiger partial charge on any atom is -0.480 e. The standard InChI is InChI=1S/C15H18F4N2O4/c16-8-5-9(11(22)20-10(12(23)24)7-1-2-7)21(6-8)13(25)14(3-4-14)15(17,18)19/h7-10H,1-6H2,(H,20,22)(H,23,24)/t8-,9+,10+/m1/s1. The summed E-state index contributed by atoms with van der Waals surface area (Å²) in [6.07, 6.45) is -6.32. The Labute approximate surface area is 140 Å². The van der Waals surface area contributed by atoms with Gasteiger partial charge in [-0.05, 0) is 31.6 Å². The smallest absolute Gasteiger partial charge is 0.403 e. The number of carbonyl (C=O) groups excluding carboxylic acids is 2. The monoisotopic (exact) mass is 366 g/mol. The van der Waals surface area contributed by atoms with Crippen molar-refractivity contribution < 1.29 is 37.1 Å². The van der Waals surface area contributed by atoms with Crippen molar-refractivity contribution in [2.75, 3.05) is 6.54 Å². The molecule has 3 atom stereocenters. The highest BCUT2D eigenvalue weighted by Gasteiger charge is 2.70. The van der Waals surface area contributed by atoms with Crippen molar-refractivity contribution in [3.63, 3.8) is 0 Å². The zero-order chi connectivity index (χ0) is 18.6. The third-order valence-electron chi connectivity index (χ3n) is 5.17. The van der Waals surface area contributed by atoms with E-state index in [0.717, 1.165) is 0 Å². The average molecular weight is 366 g/mol. The lowest BCUT2D eigenvalue weighted by atomic mass is 10.0. The number of aliphatic carboxylic acids is 1. The molecule has 2 saturated carbocycles. The van der Waals surface area contributed by atoms with Gasteiger partial charge < -0.3 is 15.3 Å². The number of nitrogens with zero attached hydrogens (tertiary/aromatic N) is 1. The summed E-state index contributed by atoms with van der Waals surface area (Å²) in [6.45, 7) is -0.587. The van der Waals surface area contributed by atoms with Crippen LogP contribution in [-0.4, -0.2) is 58.8 Å². The SMILES string of the molecule is O=C(O)[C@@H](NC(=O)[C@@H]1C[C@@H](F)CN1C(=O)C1(C(F)(F)F)CC1)C1CC1. The van der Waals surface area contributed by atoms with E-state index in [4.69, 9.17) is 5.11 Å². The molecular formula is C15H18F4N2O4. The summed E-state index contributed by atoms with van der Waals surface area (Å²) in [4.78, 5) is 36.5. The van der Waals surface area contributed by atoms with Crippen molar-refractivity contribution in [3.05, 3.63) is 0 Å². The second-order valence-corrected chi connectivity index (χ2v) is 7.05. The molecule has 0 bridgehead atoms. The van der Waals surface area contributed by atoms with Gasteiger partial charge in [0.25, 0.3) is 0 Å². The van der Waals surface area contributed by atoms with Crippen molar-refractivity contribution in [2.24, 2.45) is 11.3 Å². The number of carboxylic acid groups (broad SMARTS) is 1. The van der Waals surface area contributed by atoms with Crippen LogP contribution < -0.4 is 5.32 Å². The Kier molecular flexibility index (Phi) is 4.19. The summed E-state index contributed by atoms with van der Waals surface area (Å²) in [7, 11) is 0. The molecule has 3 rings (SSSR count). The maximum atomic E-state index is 13.7. The topological polar surface area (TPSA) is 86.7 Å². The molecule has 1 aliphatic heterocycles. The van der Waals surface area contributed by atoms with E-state index < -0.39 is 60.6 Å². The highest BCUT2D eigenvalue weighted by atomic mass is 19.4. The van der Waals surface area contributed by atoms with E-state index in [2.05, 4.69) is 5.32 Å². The van der Waals surface area contributed by atoms with E-state index >= 15 is 0 Å². The molecule has 10 heteroatoms. The molecule has 2 amide bonds. The number of nitrogens with one attached hydrogen (secondary N) is 1. The van der Waals surface area contributed by atoms with Crippen LogP contribution in [0.5, 0.6) is 0 Å². The number of alkyl halides is 4. The van der Waals surface area contributed by atoms with E-state index in [-0.39, 0.29) is 18.8 Å². The summed E-state index contributed by atoms with van der Waals surface area (Å²) in [6, 6.07) is -2.58. The molecule has 2 N–H and O–H groups in total. The molecule has 140 valence electrons. The second-order valence-electron chi connectivity index (χ2n) is 7.05. The molecular weight excluding hydrogens is 348 g/mol. The first-order valence-electron chi connectivity index (χ1n) is 8.12. The van der Waals surface area contributed by atoms with Crippen LogP contribution in [-0.2, 0) is 14.4 Å². The number of carboxylic acids is 1.